The number of aromatic amines is 1. The molecule has 9 heteroatoms. The molecule has 1 aliphatic heterocycles. The van der Waals surface area contributed by atoms with Gasteiger partial charge in [0.1, 0.15) is 12.2 Å². The molecule has 2 heterocycles. The molecule has 2 unspecified atom stereocenters. The maximum atomic E-state index is 14.1. The van der Waals surface area contributed by atoms with E-state index in [0.717, 1.165) is 27.6 Å². The van der Waals surface area contributed by atoms with E-state index in [1.807, 2.05) is 105 Å². The van der Waals surface area contributed by atoms with Gasteiger partial charge >= 0.3 is 6.09 Å². The number of rotatable bonds is 16. The van der Waals surface area contributed by atoms with Gasteiger partial charge < -0.3 is 25.1 Å². The number of ether oxygens (including phenoxy) is 2. The second kappa shape index (κ2) is 15.2. The van der Waals surface area contributed by atoms with Crippen LogP contribution in [-0.4, -0.2) is 52.8 Å². The van der Waals surface area contributed by atoms with Crippen molar-refractivity contribution in [3.05, 3.63) is 108 Å². The number of fused-ring (bicyclic) bond motifs is 1. The number of carbonyl (C=O) groups is 4. The molecule has 5 rings (SSSR count). The molecule has 0 radical (unpaired) electrons. The molecule has 1 saturated heterocycles. The van der Waals surface area contributed by atoms with Crippen LogP contribution in [0.4, 0.5) is 4.79 Å². The first kappa shape index (κ1) is 33.6. The van der Waals surface area contributed by atoms with Crippen LogP contribution in [0.15, 0.2) is 91.1 Å². The third-order valence-corrected chi connectivity index (χ3v) is 8.57. The highest BCUT2D eigenvalue weighted by Crippen LogP contribution is 2.30. The van der Waals surface area contributed by atoms with Crippen molar-refractivity contribution in [2.75, 3.05) is 6.61 Å². The minimum absolute atomic E-state index is 0.0698. The number of Topliss-reactive ketones (excluding diaryl/α,β-unsaturated/α-hetero) is 2. The average Bonchev–Trinajstić information content (AvgIpc) is 3.70. The Hall–Kier alpha value is -4.76. The number of alkyl carbamates (subject to hydrolysis) is 1. The summed E-state index contributed by atoms with van der Waals surface area (Å²) in [5.74, 6) is -1.60. The molecule has 4 aromatic rings. The van der Waals surface area contributed by atoms with Crippen molar-refractivity contribution in [1.82, 2.24) is 15.6 Å². The van der Waals surface area contributed by atoms with Crippen LogP contribution in [0.1, 0.15) is 50.3 Å². The molecule has 0 aliphatic carbocycles. The van der Waals surface area contributed by atoms with Gasteiger partial charge in [0.05, 0.1) is 18.7 Å². The van der Waals surface area contributed by atoms with Crippen molar-refractivity contribution < 1.29 is 28.7 Å². The van der Waals surface area contributed by atoms with Crippen LogP contribution >= 0.6 is 0 Å². The van der Waals surface area contributed by atoms with Gasteiger partial charge in [0, 0.05) is 29.4 Å². The number of hydrogen-bond donors (Lipinski definition) is 3. The van der Waals surface area contributed by atoms with Gasteiger partial charge in [0.2, 0.25) is 5.91 Å². The summed E-state index contributed by atoms with van der Waals surface area (Å²) < 4.78 is 10.9. The van der Waals surface area contributed by atoms with Crippen LogP contribution in [0, 0.1) is 11.8 Å². The number of carbonyl (C=O) groups excluding carboxylic acids is 4. The van der Waals surface area contributed by atoms with Gasteiger partial charge in [-0.3, -0.25) is 14.4 Å². The van der Waals surface area contributed by atoms with Gasteiger partial charge in [-0.15, -0.1) is 0 Å². The third kappa shape index (κ3) is 9.16. The van der Waals surface area contributed by atoms with Crippen molar-refractivity contribution in [3.8, 4) is 0 Å². The minimum Gasteiger partial charge on any atom is -0.445 e. The number of ketones is 2. The van der Waals surface area contributed by atoms with E-state index < -0.39 is 35.6 Å². The predicted octanol–water partition coefficient (Wildman–Crippen LogP) is 5.71. The molecule has 0 bridgehead atoms. The Bertz CT molecular complexity index is 1680. The average molecular weight is 638 g/mol. The van der Waals surface area contributed by atoms with Crippen LogP contribution in [0.2, 0.25) is 0 Å². The Morgan fingerprint density at radius 1 is 0.851 bits per heavy atom. The lowest BCUT2D eigenvalue weighted by molar-refractivity contribution is -0.134. The molecule has 1 aliphatic rings. The molecular formula is C38H43N3O6. The molecule has 4 atom stereocenters. The Balaban J connectivity index is 1.36. The molecule has 3 N–H and O–H groups in total. The fourth-order valence-corrected chi connectivity index (χ4v) is 5.83. The standard InChI is InChI=1S/C38H43N3O6/c1-25(2)18-32(41-37(45)46-23-27-14-8-5-9-15-27)34(42)21-28(20-29-22-39-31-17-11-10-16-30(29)31)36(44)40-33(35(43)38(3)24-47-38)19-26-12-6-4-7-13-26/h4-17,22,25,28,32-33,39H,18-21,23-24H2,1-3H3,(H,40,44)(H,41,45)/t28?,32-,33+,38?/m1/s1. The van der Waals surface area contributed by atoms with E-state index in [1.54, 1.807) is 6.92 Å². The topological polar surface area (TPSA) is 130 Å². The first-order chi connectivity index (χ1) is 22.6. The van der Waals surface area contributed by atoms with E-state index in [0.29, 0.717) is 19.4 Å². The van der Waals surface area contributed by atoms with Crippen LogP contribution in [0.5, 0.6) is 0 Å². The van der Waals surface area contributed by atoms with E-state index in [4.69, 9.17) is 9.47 Å². The second-order valence-electron chi connectivity index (χ2n) is 13.0. The number of para-hydroxylation sites is 1. The number of benzene rings is 3. The zero-order chi connectivity index (χ0) is 33.4. The molecule has 47 heavy (non-hydrogen) atoms. The molecule has 1 aromatic heterocycles. The number of H-pyrrole nitrogens is 1. The Kier molecular flexibility index (Phi) is 10.9. The summed E-state index contributed by atoms with van der Waals surface area (Å²) in [5.41, 5.74) is 2.59. The summed E-state index contributed by atoms with van der Waals surface area (Å²) in [4.78, 5) is 57.7. The second-order valence-corrected chi connectivity index (χ2v) is 13.0. The molecule has 246 valence electrons. The van der Waals surface area contributed by atoms with Gasteiger partial charge in [0.15, 0.2) is 11.6 Å². The van der Waals surface area contributed by atoms with E-state index >= 15 is 0 Å². The number of nitrogens with one attached hydrogen (secondary N) is 3. The summed E-state index contributed by atoms with van der Waals surface area (Å²) >= 11 is 0. The summed E-state index contributed by atoms with van der Waals surface area (Å²) in [5, 5.41) is 6.70. The monoisotopic (exact) mass is 637 g/mol. The molecule has 0 saturated carbocycles. The van der Waals surface area contributed by atoms with Gasteiger partial charge in [-0.1, -0.05) is 92.7 Å². The lowest BCUT2D eigenvalue weighted by atomic mass is 9.88. The minimum atomic E-state index is -0.943. The number of hydrogen-bond acceptors (Lipinski definition) is 6. The zero-order valence-electron chi connectivity index (χ0n) is 27.2. The molecule has 9 nitrogen and oxygen atoms in total. The third-order valence-electron chi connectivity index (χ3n) is 8.57. The fraction of sp³-hybridized carbons (Fsp3) is 0.368. The molecule has 3 aromatic carbocycles. The van der Waals surface area contributed by atoms with E-state index in [9.17, 15) is 19.2 Å². The van der Waals surface area contributed by atoms with Gasteiger partial charge in [-0.05, 0) is 54.9 Å². The Morgan fingerprint density at radius 2 is 1.49 bits per heavy atom. The highest BCUT2D eigenvalue weighted by atomic mass is 16.6. The number of epoxide rings is 1. The quantitative estimate of drug-likeness (QED) is 0.135. The molecule has 1 fully saturated rings. The Labute approximate surface area is 275 Å². The van der Waals surface area contributed by atoms with Crippen LogP contribution in [0.25, 0.3) is 10.9 Å². The number of aromatic nitrogens is 1. The predicted molar refractivity (Wildman–Crippen MR) is 180 cm³/mol. The fourth-order valence-electron chi connectivity index (χ4n) is 5.83. The highest BCUT2D eigenvalue weighted by molar-refractivity contribution is 5.98. The van der Waals surface area contributed by atoms with Crippen molar-refractivity contribution >= 4 is 34.5 Å². The van der Waals surface area contributed by atoms with Gasteiger partial charge in [0.25, 0.3) is 0 Å². The van der Waals surface area contributed by atoms with E-state index in [1.165, 1.54) is 0 Å². The number of amides is 2. The molecular weight excluding hydrogens is 594 g/mol. The molecule has 0 spiro atoms. The van der Waals surface area contributed by atoms with Gasteiger partial charge in [-0.25, -0.2) is 4.79 Å². The van der Waals surface area contributed by atoms with Crippen molar-refractivity contribution in [2.45, 2.75) is 70.7 Å². The smallest absolute Gasteiger partial charge is 0.408 e. The van der Waals surface area contributed by atoms with Crippen LogP contribution < -0.4 is 10.6 Å². The lowest BCUT2D eigenvalue weighted by Crippen LogP contribution is -2.50. The Morgan fingerprint density at radius 3 is 2.15 bits per heavy atom. The van der Waals surface area contributed by atoms with Crippen LogP contribution in [-0.2, 0) is 43.3 Å². The summed E-state index contributed by atoms with van der Waals surface area (Å²) in [6, 6.07) is 24.9. The summed E-state index contributed by atoms with van der Waals surface area (Å²) in [6.07, 6.45) is 1.95. The van der Waals surface area contributed by atoms with E-state index in [-0.39, 0.29) is 36.9 Å². The van der Waals surface area contributed by atoms with Gasteiger partial charge in [-0.2, -0.15) is 0 Å². The lowest BCUT2D eigenvalue weighted by Gasteiger charge is -2.25. The largest absolute Gasteiger partial charge is 0.445 e. The summed E-state index contributed by atoms with van der Waals surface area (Å²) in [7, 11) is 0. The maximum Gasteiger partial charge on any atom is 0.408 e. The maximum absolute atomic E-state index is 14.1. The summed E-state index contributed by atoms with van der Waals surface area (Å²) in [6.45, 7) is 6.03. The van der Waals surface area contributed by atoms with Crippen molar-refractivity contribution in [1.29, 1.82) is 0 Å². The van der Waals surface area contributed by atoms with Crippen molar-refractivity contribution in [3.63, 3.8) is 0 Å². The van der Waals surface area contributed by atoms with Crippen LogP contribution in [0.3, 0.4) is 0 Å². The first-order valence-corrected chi connectivity index (χ1v) is 16.2. The first-order valence-electron chi connectivity index (χ1n) is 16.2. The highest BCUT2D eigenvalue weighted by Gasteiger charge is 2.50. The molecule has 2 amide bonds. The van der Waals surface area contributed by atoms with E-state index in [2.05, 4.69) is 15.6 Å². The van der Waals surface area contributed by atoms with Crippen molar-refractivity contribution in [2.24, 2.45) is 11.8 Å². The SMILES string of the molecule is CC(C)C[C@@H](NC(=O)OCc1ccccc1)C(=O)CC(Cc1c[nH]c2ccccc12)C(=O)N[C@@H](Cc1ccccc1)C(=O)C1(C)CO1. The normalized spacial score (nSPS) is 17.4. The zero-order valence-corrected chi connectivity index (χ0v) is 27.2.